The lowest BCUT2D eigenvalue weighted by atomic mass is 9.87. The Labute approximate surface area is 141 Å². The summed E-state index contributed by atoms with van der Waals surface area (Å²) < 4.78 is 6.75. The molecule has 0 amide bonds. The summed E-state index contributed by atoms with van der Waals surface area (Å²) in [5.41, 5.74) is 9.26. The Kier molecular flexibility index (Phi) is 3.14. The van der Waals surface area contributed by atoms with Gasteiger partial charge in [-0.05, 0) is 29.8 Å². The number of nitriles is 1. The van der Waals surface area contributed by atoms with Gasteiger partial charge in [0.05, 0.1) is 11.6 Å². The zero-order valence-electron chi connectivity index (χ0n) is 12.0. The Morgan fingerprint density at radius 1 is 1.13 bits per heavy atom. The zero-order chi connectivity index (χ0) is 16.0. The van der Waals surface area contributed by atoms with Crippen LogP contribution in [0.4, 0.5) is 0 Å². The number of para-hydroxylation sites is 1. The average Bonchev–Trinajstić information content (AvgIpc) is 2.93. The summed E-state index contributed by atoms with van der Waals surface area (Å²) in [7, 11) is 0. The second-order valence-corrected chi connectivity index (χ2v) is 6.31. The van der Waals surface area contributed by atoms with Crippen LogP contribution in [0.25, 0.3) is 10.9 Å². The molecule has 1 atom stereocenters. The number of fused-ring (bicyclic) bond motifs is 3. The Morgan fingerprint density at radius 2 is 1.87 bits per heavy atom. The van der Waals surface area contributed by atoms with Crippen molar-refractivity contribution in [3.63, 3.8) is 0 Å². The van der Waals surface area contributed by atoms with Crippen molar-refractivity contribution in [3.8, 4) is 11.8 Å². The molecule has 1 aliphatic heterocycles. The van der Waals surface area contributed by atoms with Crippen LogP contribution in [0.2, 0.25) is 0 Å². The van der Waals surface area contributed by atoms with Crippen molar-refractivity contribution in [3.05, 3.63) is 75.7 Å². The third kappa shape index (κ3) is 2.11. The summed E-state index contributed by atoms with van der Waals surface area (Å²) in [6, 6.07) is 18.0. The standard InChI is InChI=1S/C18H12BrN3O/c19-11-7-5-10(6-8-11)15-13(9-20)18(21)23-17-12-3-1-2-4-14(12)22-16(15)17/h1-8,15,22H,21H2. The van der Waals surface area contributed by atoms with Crippen LogP contribution < -0.4 is 10.5 Å². The number of H-pyrrole nitrogens is 1. The molecule has 0 fully saturated rings. The van der Waals surface area contributed by atoms with Gasteiger partial charge in [0.2, 0.25) is 5.88 Å². The molecule has 4 rings (SSSR count). The largest absolute Gasteiger partial charge is 0.438 e. The molecule has 0 bridgehead atoms. The van der Waals surface area contributed by atoms with Crippen molar-refractivity contribution in [2.24, 2.45) is 5.73 Å². The molecule has 112 valence electrons. The summed E-state index contributed by atoms with van der Waals surface area (Å²) in [4.78, 5) is 3.39. The number of nitrogens with two attached hydrogens (primary N) is 1. The molecule has 1 unspecified atom stereocenters. The third-order valence-electron chi connectivity index (χ3n) is 4.06. The lowest BCUT2D eigenvalue weighted by Gasteiger charge is -2.24. The number of rotatable bonds is 1. The predicted molar refractivity (Wildman–Crippen MR) is 91.7 cm³/mol. The molecule has 0 radical (unpaired) electrons. The van der Waals surface area contributed by atoms with Gasteiger partial charge >= 0.3 is 0 Å². The maximum absolute atomic E-state index is 9.56. The highest BCUT2D eigenvalue weighted by Crippen LogP contribution is 2.45. The molecule has 2 heterocycles. The molecule has 2 aromatic carbocycles. The first kappa shape index (κ1) is 13.9. The maximum Gasteiger partial charge on any atom is 0.205 e. The third-order valence-corrected chi connectivity index (χ3v) is 4.59. The van der Waals surface area contributed by atoms with Crippen molar-refractivity contribution < 1.29 is 4.74 Å². The van der Waals surface area contributed by atoms with Crippen LogP contribution in [-0.2, 0) is 0 Å². The maximum atomic E-state index is 9.56. The van der Waals surface area contributed by atoms with E-state index >= 15 is 0 Å². The Morgan fingerprint density at radius 3 is 2.61 bits per heavy atom. The molecule has 23 heavy (non-hydrogen) atoms. The van der Waals surface area contributed by atoms with Crippen LogP contribution in [0.1, 0.15) is 17.2 Å². The lowest BCUT2D eigenvalue weighted by molar-refractivity contribution is 0.397. The summed E-state index contributed by atoms with van der Waals surface area (Å²) >= 11 is 3.44. The van der Waals surface area contributed by atoms with Gasteiger partial charge in [0, 0.05) is 15.4 Å². The number of allylic oxidation sites excluding steroid dienone is 1. The fourth-order valence-electron chi connectivity index (χ4n) is 3.01. The van der Waals surface area contributed by atoms with Gasteiger partial charge in [-0.25, -0.2) is 0 Å². The topological polar surface area (TPSA) is 74.8 Å². The number of ether oxygens (including phenoxy) is 1. The highest BCUT2D eigenvalue weighted by molar-refractivity contribution is 9.10. The fourth-order valence-corrected chi connectivity index (χ4v) is 3.27. The van der Waals surface area contributed by atoms with Crippen molar-refractivity contribution >= 4 is 26.8 Å². The molecule has 1 aromatic heterocycles. The Hall–Kier alpha value is -2.71. The van der Waals surface area contributed by atoms with Crippen LogP contribution in [0.5, 0.6) is 5.75 Å². The number of halogens is 1. The normalized spacial score (nSPS) is 16.8. The van der Waals surface area contributed by atoms with E-state index < -0.39 is 0 Å². The highest BCUT2D eigenvalue weighted by Gasteiger charge is 2.33. The summed E-state index contributed by atoms with van der Waals surface area (Å²) in [6.45, 7) is 0. The first-order chi connectivity index (χ1) is 11.2. The van der Waals surface area contributed by atoms with E-state index in [1.807, 2.05) is 48.5 Å². The highest BCUT2D eigenvalue weighted by atomic mass is 79.9. The van der Waals surface area contributed by atoms with E-state index in [4.69, 9.17) is 10.5 Å². The van der Waals surface area contributed by atoms with Crippen LogP contribution in [0.3, 0.4) is 0 Å². The minimum atomic E-state index is -0.260. The van der Waals surface area contributed by atoms with E-state index in [-0.39, 0.29) is 11.8 Å². The van der Waals surface area contributed by atoms with E-state index in [1.54, 1.807) is 0 Å². The summed E-state index contributed by atoms with van der Waals surface area (Å²) in [6.07, 6.45) is 0. The monoisotopic (exact) mass is 365 g/mol. The summed E-state index contributed by atoms with van der Waals surface area (Å²) in [5.74, 6) is 0.604. The molecular weight excluding hydrogens is 354 g/mol. The average molecular weight is 366 g/mol. The zero-order valence-corrected chi connectivity index (χ0v) is 13.6. The first-order valence-corrected chi connectivity index (χ1v) is 7.92. The SMILES string of the molecule is N#CC1=C(N)Oc2c([nH]c3ccccc23)C1c1ccc(Br)cc1. The second kappa shape index (κ2) is 5.18. The van der Waals surface area contributed by atoms with Gasteiger partial charge in [-0.2, -0.15) is 5.26 Å². The van der Waals surface area contributed by atoms with E-state index in [0.29, 0.717) is 11.3 Å². The molecule has 0 aliphatic carbocycles. The molecule has 0 spiro atoms. The Balaban J connectivity index is 1.99. The van der Waals surface area contributed by atoms with Crippen LogP contribution in [-0.4, -0.2) is 4.98 Å². The molecule has 0 saturated heterocycles. The molecule has 3 N–H and O–H groups in total. The van der Waals surface area contributed by atoms with E-state index in [9.17, 15) is 5.26 Å². The molecule has 4 nitrogen and oxygen atoms in total. The van der Waals surface area contributed by atoms with Crippen molar-refractivity contribution in [2.45, 2.75) is 5.92 Å². The van der Waals surface area contributed by atoms with Gasteiger partial charge in [0.25, 0.3) is 0 Å². The van der Waals surface area contributed by atoms with Crippen molar-refractivity contribution in [1.29, 1.82) is 5.26 Å². The minimum Gasteiger partial charge on any atom is -0.438 e. The van der Waals surface area contributed by atoms with Crippen LogP contribution in [0.15, 0.2) is 64.5 Å². The first-order valence-electron chi connectivity index (χ1n) is 7.12. The van der Waals surface area contributed by atoms with Crippen LogP contribution >= 0.6 is 15.9 Å². The van der Waals surface area contributed by atoms with Crippen molar-refractivity contribution in [1.82, 2.24) is 4.98 Å². The number of hydrogen-bond donors (Lipinski definition) is 2. The second-order valence-electron chi connectivity index (χ2n) is 5.39. The molecule has 3 aromatic rings. The van der Waals surface area contributed by atoms with E-state index in [2.05, 4.69) is 27.0 Å². The number of nitrogens with one attached hydrogen (secondary N) is 1. The minimum absolute atomic E-state index is 0.165. The number of aromatic amines is 1. The van der Waals surface area contributed by atoms with Gasteiger partial charge in [-0.3, -0.25) is 0 Å². The lowest BCUT2D eigenvalue weighted by Crippen LogP contribution is -2.20. The van der Waals surface area contributed by atoms with Gasteiger partial charge in [-0.1, -0.05) is 40.2 Å². The number of aromatic nitrogens is 1. The molecule has 0 saturated carbocycles. The molecule has 1 aliphatic rings. The fraction of sp³-hybridized carbons (Fsp3) is 0.0556. The van der Waals surface area contributed by atoms with E-state index in [0.717, 1.165) is 26.6 Å². The quantitative estimate of drug-likeness (QED) is 0.680. The van der Waals surface area contributed by atoms with Gasteiger partial charge in [0.1, 0.15) is 11.6 Å². The molecule has 5 heteroatoms. The summed E-state index contributed by atoms with van der Waals surface area (Å²) in [5, 5.41) is 10.5. The number of nitrogens with zero attached hydrogens (tertiary/aromatic N) is 1. The Bertz CT molecular complexity index is 980. The van der Waals surface area contributed by atoms with Crippen molar-refractivity contribution in [2.75, 3.05) is 0 Å². The van der Waals surface area contributed by atoms with Crippen LogP contribution in [0, 0.1) is 11.3 Å². The molecular formula is C18H12BrN3O. The van der Waals surface area contributed by atoms with Gasteiger partial charge < -0.3 is 15.5 Å². The predicted octanol–water partition coefficient (Wildman–Crippen LogP) is 4.15. The van der Waals surface area contributed by atoms with Gasteiger partial charge in [0.15, 0.2) is 5.75 Å². The smallest absolute Gasteiger partial charge is 0.205 e. The number of benzene rings is 2. The van der Waals surface area contributed by atoms with Gasteiger partial charge in [-0.15, -0.1) is 0 Å². The number of hydrogen-bond acceptors (Lipinski definition) is 3. The van der Waals surface area contributed by atoms with E-state index in [1.165, 1.54) is 0 Å².